The van der Waals surface area contributed by atoms with Crippen molar-refractivity contribution in [1.29, 1.82) is 5.26 Å². The quantitative estimate of drug-likeness (QED) is 0.414. The molecule has 0 saturated heterocycles. The number of hydrogen-bond donors (Lipinski definition) is 1. The highest BCUT2D eigenvalue weighted by molar-refractivity contribution is 9.10. The fourth-order valence-electron chi connectivity index (χ4n) is 4.08. The number of fused-ring (bicyclic) bond motifs is 2. The molecule has 1 unspecified atom stereocenters. The number of carbonyl (C=O) groups excluding carboxylic acids is 4. The highest BCUT2D eigenvalue weighted by atomic mass is 79.9. The van der Waals surface area contributed by atoms with Crippen molar-refractivity contribution in [1.82, 2.24) is 0 Å². The Morgan fingerprint density at radius 1 is 1.14 bits per heavy atom. The Balaban J connectivity index is 2.44. The van der Waals surface area contributed by atoms with Crippen LogP contribution in [0.15, 0.2) is 45.5 Å². The topological polar surface area (TPSA) is 158 Å². The van der Waals surface area contributed by atoms with Gasteiger partial charge < -0.3 is 24.7 Å². The molecular weight excluding hydrogens is 526 g/mol. The van der Waals surface area contributed by atoms with Crippen molar-refractivity contribution < 1.29 is 38.1 Å². The number of amides is 2. The molecule has 1 spiro atoms. The number of hydrogen-bond acceptors (Lipinski definition) is 10. The fourth-order valence-corrected chi connectivity index (χ4v) is 4.44. The monoisotopic (exact) mass is 547 g/mol. The van der Waals surface area contributed by atoms with Crippen molar-refractivity contribution >= 4 is 45.6 Å². The molecule has 1 aromatic carbocycles. The van der Waals surface area contributed by atoms with Gasteiger partial charge in [0.15, 0.2) is 5.41 Å². The molecule has 0 saturated carbocycles. The van der Waals surface area contributed by atoms with Gasteiger partial charge in [0.05, 0.1) is 25.5 Å². The molecule has 11 nitrogen and oxygen atoms in total. The van der Waals surface area contributed by atoms with Crippen LogP contribution < -0.4 is 10.6 Å². The van der Waals surface area contributed by atoms with Crippen LogP contribution in [0.2, 0.25) is 0 Å². The molecule has 12 heteroatoms. The summed E-state index contributed by atoms with van der Waals surface area (Å²) >= 11 is 3.33. The standard InChI is InChI=1S/C23H22BrN3O8/c1-4-32-17(28)10-16-18(20(29)33-5-2)23(14(11-25)19(26)35-16)13-9-12(24)7-8-15(13)27(21(23)30)22(31)34-6-3/h7-9H,4-6,10,26H2,1-3H3. The Morgan fingerprint density at radius 3 is 2.40 bits per heavy atom. The number of imide groups is 1. The summed E-state index contributed by atoms with van der Waals surface area (Å²) in [7, 11) is 0. The number of esters is 2. The van der Waals surface area contributed by atoms with Gasteiger partial charge in [0.2, 0.25) is 5.88 Å². The summed E-state index contributed by atoms with van der Waals surface area (Å²) in [5, 5.41) is 10.1. The second-order valence-corrected chi connectivity index (χ2v) is 8.12. The fraction of sp³-hybridized carbons (Fsp3) is 0.348. The Hall–Kier alpha value is -3.85. The van der Waals surface area contributed by atoms with E-state index in [2.05, 4.69) is 15.9 Å². The van der Waals surface area contributed by atoms with Crippen molar-refractivity contribution in [3.05, 3.63) is 51.0 Å². The number of nitriles is 1. The van der Waals surface area contributed by atoms with Crippen molar-refractivity contribution in [3.63, 3.8) is 0 Å². The summed E-state index contributed by atoms with van der Waals surface area (Å²) in [6, 6.07) is 6.36. The zero-order valence-electron chi connectivity index (χ0n) is 19.2. The summed E-state index contributed by atoms with van der Waals surface area (Å²) < 4.78 is 21.2. The second-order valence-electron chi connectivity index (χ2n) is 7.20. The molecule has 2 N–H and O–H groups in total. The van der Waals surface area contributed by atoms with Crippen LogP contribution >= 0.6 is 15.9 Å². The van der Waals surface area contributed by atoms with Gasteiger partial charge in [0.1, 0.15) is 29.4 Å². The predicted octanol–water partition coefficient (Wildman–Crippen LogP) is 2.68. The van der Waals surface area contributed by atoms with Crippen LogP contribution in [0.5, 0.6) is 0 Å². The predicted molar refractivity (Wildman–Crippen MR) is 123 cm³/mol. The van der Waals surface area contributed by atoms with E-state index in [9.17, 15) is 24.4 Å². The Morgan fingerprint density at radius 2 is 1.80 bits per heavy atom. The first-order chi connectivity index (χ1) is 16.7. The average Bonchev–Trinajstić information content (AvgIpc) is 3.02. The van der Waals surface area contributed by atoms with Gasteiger partial charge in [-0.1, -0.05) is 15.9 Å². The van der Waals surface area contributed by atoms with Gasteiger partial charge in [-0.15, -0.1) is 0 Å². The van der Waals surface area contributed by atoms with Gasteiger partial charge in [-0.25, -0.2) is 14.5 Å². The van der Waals surface area contributed by atoms with Gasteiger partial charge in [0.25, 0.3) is 5.91 Å². The van der Waals surface area contributed by atoms with Crippen molar-refractivity contribution in [2.75, 3.05) is 24.7 Å². The molecule has 35 heavy (non-hydrogen) atoms. The smallest absolute Gasteiger partial charge is 0.421 e. The Bertz CT molecular complexity index is 1220. The number of carbonyl (C=O) groups is 4. The maximum Gasteiger partial charge on any atom is 0.421 e. The van der Waals surface area contributed by atoms with E-state index in [1.54, 1.807) is 26.8 Å². The first-order valence-electron chi connectivity index (χ1n) is 10.6. The van der Waals surface area contributed by atoms with Crippen molar-refractivity contribution in [2.24, 2.45) is 5.73 Å². The van der Waals surface area contributed by atoms with E-state index in [-0.39, 0.29) is 36.8 Å². The second kappa shape index (κ2) is 10.2. The minimum absolute atomic E-state index is 0.0393. The summed E-state index contributed by atoms with van der Waals surface area (Å²) in [6.07, 6.45) is -1.60. The number of rotatable bonds is 6. The summed E-state index contributed by atoms with van der Waals surface area (Å²) in [5.74, 6) is -3.64. The normalized spacial score (nSPS) is 18.7. The number of nitrogens with zero attached hydrogens (tertiary/aromatic N) is 2. The highest BCUT2D eigenvalue weighted by Gasteiger charge is 2.64. The third-order valence-electron chi connectivity index (χ3n) is 5.29. The number of ether oxygens (including phenoxy) is 4. The maximum atomic E-state index is 14.1. The lowest BCUT2D eigenvalue weighted by Crippen LogP contribution is -2.50. The molecule has 0 bridgehead atoms. The minimum Gasteiger partial charge on any atom is -0.466 e. The van der Waals surface area contributed by atoms with Crippen LogP contribution in [0.4, 0.5) is 10.5 Å². The van der Waals surface area contributed by atoms with E-state index in [1.807, 2.05) is 6.07 Å². The molecule has 0 fully saturated rings. The van der Waals surface area contributed by atoms with E-state index in [1.165, 1.54) is 12.1 Å². The molecule has 0 aromatic heterocycles. The zero-order valence-corrected chi connectivity index (χ0v) is 20.8. The molecule has 1 atom stereocenters. The molecule has 3 rings (SSSR count). The Kier molecular flexibility index (Phi) is 7.50. The summed E-state index contributed by atoms with van der Waals surface area (Å²) in [4.78, 5) is 53.4. The summed E-state index contributed by atoms with van der Waals surface area (Å²) in [5.41, 5.74) is 3.07. The van der Waals surface area contributed by atoms with Crippen LogP contribution in [0, 0.1) is 11.3 Å². The lowest BCUT2D eigenvalue weighted by atomic mass is 9.68. The van der Waals surface area contributed by atoms with Crippen LogP contribution in [-0.4, -0.2) is 43.8 Å². The number of anilines is 1. The molecule has 0 radical (unpaired) electrons. The molecule has 2 amide bonds. The maximum absolute atomic E-state index is 14.1. The molecular formula is C23H22BrN3O8. The minimum atomic E-state index is -2.24. The van der Waals surface area contributed by atoms with Crippen molar-refractivity contribution in [3.8, 4) is 6.07 Å². The largest absolute Gasteiger partial charge is 0.466 e. The van der Waals surface area contributed by atoms with Crippen LogP contribution in [0.3, 0.4) is 0 Å². The van der Waals surface area contributed by atoms with E-state index >= 15 is 0 Å². The third-order valence-corrected chi connectivity index (χ3v) is 5.78. The number of nitrogens with two attached hydrogens (primary N) is 1. The van der Waals surface area contributed by atoms with Gasteiger partial charge in [-0.05, 0) is 39.0 Å². The van der Waals surface area contributed by atoms with Crippen LogP contribution in [0.1, 0.15) is 32.8 Å². The van der Waals surface area contributed by atoms with Gasteiger partial charge in [-0.3, -0.25) is 9.59 Å². The zero-order chi connectivity index (χ0) is 25.9. The van der Waals surface area contributed by atoms with Gasteiger partial charge in [0, 0.05) is 10.0 Å². The molecule has 1 aromatic rings. The third kappa shape index (κ3) is 4.12. The lowest BCUT2D eigenvalue weighted by molar-refractivity contribution is -0.143. The van der Waals surface area contributed by atoms with E-state index < -0.39 is 52.8 Å². The molecule has 2 aliphatic heterocycles. The van der Waals surface area contributed by atoms with Crippen molar-refractivity contribution in [2.45, 2.75) is 32.6 Å². The molecule has 2 aliphatic rings. The lowest BCUT2D eigenvalue weighted by Gasteiger charge is -2.35. The molecule has 184 valence electrons. The molecule has 0 aliphatic carbocycles. The van der Waals surface area contributed by atoms with Gasteiger partial charge in [-0.2, -0.15) is 5.26 Å². The highest BCUT2D eigenvalue weighted by Crippen LogP contribution is 2.55. The van der Waals surface area contributed by atoms with E-state index in [0.29, 0.717) is 4.47 Å². The van der Waals surface area contributed by atoms with E-state index in [0.717, 1.165) is 4.90 Å². The SMILES string of the molecule is CCOC(=O)CC1=C(C(=O)OCC)C2(C(=O)N(C(=O)OCC)c3ccc(Br)cc32)C(C#N)=C(N)O1. The first-order valence-corrected chi connectivity index (χ1v) is 11.4. The Labute approximate surface area is 209 Å². The van der Waals surface area contributed by atoms with E-state index in [4.69, 9.17) is 24.7 Å². The number of halogens is 1. The summed E-state index contributed by atoms with van der Waals surface area (Å²) in [6.45, 7) is 4.61. The average molecular weight is 548 g/mol. The molecule has 2 heterocycles. The van der Waals surface area contributed by atoms with Crippen LogP contribution in [0.25, 0.3) is 0 Å². The number of benzene rings is 1. The van der Waals surface area contributed by atoms with Crippen LogP contribution in [-0.2, 0) is 38.7 Å². The first kappa shape index (κ1) is 25.8. The van der Waals surface area contributed by atoms with Gasteiger partial charge >= 0.3 is 18.0 Å².